The Bertz CT molecular complexity index is 325. The van der Waals surface area contributed by atoms with Gasteiger partial charge in [-0.1, -0.05) is 25.7 Å². The molecule has 126 valence electrons. The van der Waals surface area contributed by atoms with Gasteiger partial charge in [0.1, 0.15) is 0 Å². The molecule has 0 aromatic carbocycles. The fourth-order valence-electron chi connectivity index (χ4n) is 2.84. The van der Waals surface area contributed by atoms with Crippen LogP contribution < -0.4 is 0 Å². The predicted octanol–water partition coefficient (Wildman–Crippen LogP) is 2.46. The van der Waals surface area contributed by atoms with Gasteiger partial charge < -0.3 is 9.84 Å². The van der Waals surface area contributed by atoms with Crippen molar-refractivity contribution >= 4 is 11.8 Å². The van der Waals surface area contributed by atoms with Gasteiger partial charge in [-0.3, -0.25) is 14.5 Å². The number of likely N-dealkylation sites (tertiary alicyclic amines) is 1. The molecule has 0 bridgehead atoms. The van der Waals surface area contributed by atoms with Crippen LogP contribution in [-0.2, 0) is 14.3 Å². The molecule has 0 aromatic rings. The minimum Gasteiger partial charge on any atom is -0.566 e. The Morgan fingerprint density at radius 2 is 2.05 bits per heavy atom. The van der Waals surface area contributed by atoms with Gasteiger partial charge in [-0.2, -0.15) is 6.42 Å². The summed E-state index contributed by atoms with van der Waals surface area (Å²) in [4.78, 5) is 25.1. The monoisotopic (exact) mass is 536 g/mol. The first-order valence-electron chi connectivity index (χ1n) is 7.98. The molecular weight excluding hydrogens is 508 g/mol. The second-order valence-corrected chi connectivity index (χ2v) is 5.62. The maximum atomic E-state index is 11.9. The van der Waals surface area contributed by atoms with Crippen LogP contribution in [0, 0.1) is 37.7 Å². The number of esters is 1. The quantitative estimate of drug-likeness (QED) is 0.250. The first-order valence-corrected chi connectivity index (χ1v) is 7.98. The van der Waals surface area contributed by atoms with Gasteiger partial charge >= 0.3 is 5.97 Å². The zero-order valence-electron chi connectivity index (χ0n) is 13.6. The Morgan fingerprint density at radius 1 is 1.32 bits per heavy atom. The number of aliphatic hydroxyl groups is 1. The Labute approximate surface area is 157 Å². The van der Waals surface area contributed by atoms with Crippen molar-refractivity contribution in [3.63, 3.8) is 0 Å². The number of ketones is 1. The molecule has 0 spiro atoms. The largest absolute Gasteiger partial charge is 0.566 e. The van der Waals surface area contributed by atoms with Crippen molar-refractivity contribution in [2.24, 2.45) is 0 Å². The SMILES string of the molecule is COC(=O)CCCCCC[C@H]1C(=O)CCN1CCC[CH-]O.[U]. The van der Waals surface area contributed by atoms with E-state index in [4.69, 9.17) is 5.11 Å². The molecule has 5 nitrogen and oxygen atoms in total. The van der Waals surface area contributed by atoms with Crippen molar-refractivity contribution in [3.05, 3.63) is 6.61 Å². The first-order chi connectivity index (χ1) is 10.2. The molecule has 0 aromatic heterocycles. The van der Waals surface area contributed by atoms with Crippen LogP contribution in [0.1, 0.15) is 57.8 Å². The molecule has 22 heavy (non-hydrogen) atoms. The Balaban J connectivity index is 0.00000441. The van der Waals surface area contributed by atoms with Gasteiger partial charge in [-0.15, -0.1) is 0 Å². The third-order valence-electron chi connectivity index (χ3n) is 4.07. The van der Waals surface area contributed by atoms with Crippen molar-refractivity contribution in [2.45, 2.75) is 63.8 Å². The van der Waals surface area contributed by atoms with E-state index in [1.165, 1.54) is 13.7 Å². The minimum absolute atomic E-state index is 0. The van der Waals surface area contributed by atoms with E-state index in [-0.39, 0.29) is 43.1 Å². The van der Waals surface area contributed by atoms with Gasteiger partial charge in [0.15, 0.2) is 5.78 Å². The number of rotatable bonds is 11. The molecular formula is C16H28NO4U-. The standard InChI is InChI=1S/C16H28NO4.U/c1-21-16(20)9-5-3-2-4-8-14-15(19)10-12-17(14)11-6-7-13-18;/h13-14,18H,2-12H2,1H3;/q-1;/t14-;/m0./s1. The number of carbonyl (C=O) groups is 2. The molecule has 1 atom stereocenters. The third kappa shape index (κ3) is 8.67. The number of aliphatic hydroxyl groups excluding tert-OH is 1. The van der Waals surface area contributed by atoms with Gasteiger partial charge in [0.25, 0.3) is 0 Å². The molecule has 1 aliphatic heterocycles. The average molecular weight is 536 g/mol. The molecule has 0 saturated carbocycles. The van der Waals surface area contributed by atoms with Gasteiger partial charge in [0, 0.05) is 50.5 Å². The van der Waals surface area contributed by atoms with E-state index in [9.17, 15) is 9.59 Å². The summed E-state index contributed by atoms with van der Waals surface area (Å²) >= 11 is 0. The molecule has 6 heteroatoms. The van der Waals surface area contributed by atoms with Crippen molar-refractivity contribution < 1.29 is 50.5 Å². The zero-order chi connectivity index (χ0) is 15.5. The van der Waals surface area contributed by atoms with Crippen molar-refractivity contribution in [1.82, 2.24) is 4.90 Å². The molecule has 1 aliphatic rings. The van der Waals surface area contributed by atoms with Crippen LogP contribution in [0.15, 0.2) is 0 Å². The van der Waals surface area contributed by atoms with E-state index in [0.717, 1.165) is 51.6 Å². The molecule has 0 unspecified atom stereocenters. The zero-order valence-corrected chi connectivity index (χ0v) is 17.7. The van der Waals surface area contributed by atoms with Crippen LogP contribution in [0.4, 0.5) is 0 Å². The van der Waals surface area contributed by atoms with E-state index in [2.05, 4.69) is 9.64 Å². The molecule has 1 heterocycles. The summed E-state index contributed by atoms with van der Waals surface area (Å²) in [5, 5.41) is 8.70. The molecule has 1 rings (SSSR count). The Hall–Kier alpha value is 0.112. The maximum Gasteiger partial charge on any atom is 0.305 e. The van der Waals surface area contributed by atoms with Crippen LogP contribution in [0.2, 0.25) is 0 Å². The van der Waals surface area contributed by atoms with Gasteiger partial charge in [-0.05, 0) is 19.4 Å². The normalized spacial score (nSPS) is 18.3. The summed E-state index contributed by atoms with van der Waals surface area (Å²) in [6.45, 7) is 2.93. The topological polar surface area (TPSA) is 66.8 Å². The number of Topliss-reactive ketones (excluding diaryl/α,β-unsaturated/α-hetero) is 1. The summed E-state index contributed by atoms with van der Waals surface area (Å²) in [6, 6.07) is 0.0734. The molecule has 1 fully saturated rings. The number of unbranched alkanes of at least 4 members (excludes halogenated alkanes) is 4. The van der Waals surface area contributed by atoms with E-state index >= 15 is 0 Å². The van der Waals surface area contributed by atoms with Gasteiger partial charge in [-0.25, -0.2) is 6.61 Å². The first kappa shape index (κ1) is 22.1. The molecule has 0 amide bonds. The number of hydrogen-bond acceptors (Lipinski definition) is 5. The van der Waals surface area contributed by atoms with Crippen molar-refractivity contribution in [1.29, 1.82) is 0 Å². The number of ether oxygens (including phenoxy) is 1. The summed E-state index contributed by atoms with van der Waals surface area (Å²) in [6.07, 6.45) is 7.61. The fraction of sp³-hybridized carbons (Fsp3) is 0.812. The van der Waals surface area contributed by atoms with Gasteiger partial charge in [0.05, 0.1) is 13.2 Å². The van der Waals surface area contributed by atoms with Crippen LogP contribution in [0.25, 0.3) is 0 Å². The maximum absolute atomic E-state index is 11.9. The Kier molecular flexibility index (Phi) is 13.6. The third-order valence-corrected chi connectivity index (χ3v) is 4.07. The number of nitrogens with zero attached hydrogens (tertiary/aromatic N) is 1. The van der Waals surface area contributed by atoms with Crippen LogP contribution >= 0.6 is 0 Å². The summed E-state index contributed by atoms with van der Waals surface area (Å²) in [5.74, 6) is 0.213. The smallest absolute Gasteiger partial charge is 0.305 e. The summed E-state index contributed by atoms with van der Waals surface area (Å²) in [5.41, 5.74) is 0. The van der Waals surface area contributed by atoms with E-state index < -0.39 is 0 Å². The summed E-state index contributed by atoms with van der Waals surface area (Å²) < 4.78 is 4.60. The number of carbonyl (C=O) groups excluding carboxylic acids is 2. The fourth-order valence-corrected chi connectivity index (χ4v) is 2.84. The molecule has 1 saturated heterocycles. The van der Waals surface area contributed by atoms with Crippen LogP contribution in [0.3, 0.4) is 0 Å². The van der Waals surface area contributed by atoms with E-state index in [0.29, 0.717) is 25.0 Å². The van der Waals surface area contributed by atoms with E-state index in [1.54, 1.807) is 0 Å². The summed E-state index contributed by atoms with van der Waals surface area (Å²) in [7, 11) is 1.41. The second-order valence-electron chi connectivity index (χ2n) is 5.62. The molecule has 0 radical (unpaired) electrons. The van der Waals surface area contributed by atoms with Gasteiger partial charge in [0.2, 0.25) is 0 Å². The average Bonchev–Trinajstić information content (AvgIpc) is 2.83. The predicted molar refractivity (Wildman–Crippen MR) is 80.2 cm³/mol. The van der Waals surface area contributed by atoms with Crippen molar-refractivity contribution in [2.75, 3.05) is 20.2 Å². The molecule has 0 aliphatic carbocycles. The van der Waals surface area contributed by atoms with Crippen LogP contribution in [-0.4, -0.2) is 48.0 Å². The van der Waals surface area contributed by atoms with Crippen LogP contribution in [0.5, 0.6) is 0 Å². The second kappa shape index (κ2) is 13.5. The van der Waals surface area contributed by atoms with Crippen molar-refractivity contribution in [3.8, 4) is 0 Å². The number of methoxy groups -OCH3 is 1. The van der Waals surface area contributed by atoms with E-state index in [1.807, 2.05) is 0 Å². The minimum atomic E-state index is -0.146. The molecule has 1 N–H and O–H groups in total. The number of hydrogen-bond donors (Lipinski definition) is 1. The Morgan fingerprint density at radius 3 is 2.73 bits per heavy atom.